The summed E-state index contributed by atoms with van der Waals surface area (Å²) < 4.78 is 28.7. The van der Waals surface area contributed by atoms with Crippen LogP contribution >= 0.6 is 0 Å². The SMILES string of the molecule is CCOc1ccc(Nc2ccnc(C(=O)N(C)C3CCS(=O)(=O)C3)c2)cc1. The van der Waals surface area contributed by atoms with Crippen LogP contribution in [0.5, 0.6) is 5.75 Å². The van der Waals surface area contributed by atoms with Gasteiger partial charge in [0.15, 0.2) is 9.84 Å². The average Bonchev–Trinajstić information content (AvgIpc) is 3.02. The van der Waals surface area contributed by atoms with Crippen LogP contribution in [-0.2, 0) is 9.84 Å². The van der Waals surface area contributed by atoms with Crippen molar-refractivity contribution >= 4 is 27.1 Å². The Bertz CT molecular complexity index is 913. The van der Waals surface area contributed by atoms with Gasteiger partial charge in [0.2, 0.25) is 0 Å². The van der Waals surface area contributed by atoms with E-state index in [2.05, 4.69) is 10.3 Å². The Hall–Kier alpha value is -2.61. The predicted molar refractivity (Wildman–Crippen MR) is 104 cm³/mol. The number of hydrogen-bond donors (Lipinski definition) is 1. The summed E-state index contributed by atoms with van der Waals surface area (Å²) in [7, 11) is -1.42. The Labute approximate surface area is 159 Å². The number of carbonyl (C=O) groups is 1. The fraction of sp³-hybridized carbons (Fsp3) is 0.368. The van der Waals surface area contributed by atoms with Crippen LogP contribution in [0.2, 0.25) is 0 Å². The third-order valence-electron chi connectivity index (χ3n) is 4.51. The molecule has 1 aromatic heterocycles. The third-order valence-corrected chi connectivity index (χ3v) is 6.26. The molecule has 0 bridgehead atoms. The second-order valence-corrected chi connectivity index (χ2v) is 8.71. The summed E-state index contributed by atoms with van der Waals surface area (Å²) in [4.78, 5) is 18.3. The Morgan fingerprint density at radius 2 is 2.00 bits per heavy atom. The summed E-state index contributed by atoms with van der Waals surface area (Å²) in [5, 5.41) is 3.23. The first kappa shape index (κ1) is 19.2. The highest BCUT2D eigenvalue weighted by Crippen LogP contribution is 2.22. The molecular formula is C19H23N3O4S. The molecular weight excluding hydrogens is 366 g/mol. The van der Waals surface area contributed by atoms with Crippen LogP contribution in [0.25, 0.3) is 0 Å². The zero-order valence-electron chi connectivity index (χ0n) is 15.4. The van der Waals surface area contributed by atoms with Crippen LogP contribution in [0.3, 0.4) is 0 Å². The first-order chi connectivity index (χ1) is 12.9. The van der Waals surface area contributed by atoms with Gasteiger partial charge in [-0.1, -0.05) is 0 Å². The molecule has 1 fully saturated rings. The van der Waals surface area contributed by atoms with Gasteiger partial charge in [-0.05, 0) is 49.7 Å². The summed E-state index contributed by atoms with van der Waals surface area (Å²) in [5.41, 5.74) is 1.86. The fourth-order valence-electron chi connectivity index (χ4n) is 3.02. The van der Waals surface area contributed by atoms with Crippen LogP contribution in [0.15, 0.2) is 42.6 Å². The Morgan fingerprint density at radius 1 is 1.26 bits per heavy atom. The number of sulfone groups is 1. The van der Waals surface area contributed by atoms with E-state index in [0.717, 1.165) is 17.1 Å². The molecule has 2 heterocycles. The van der Waals surface area contributed by atoms with Crippen molar-refractivity contribution < 1.29 is 17.9 Å². The maximum absolute atomic E-state index is 12.7. The molecule has 27 heavy (non-hydrogen) atoms. The van der Waals surface area contributed by atoms with E-state index in [1.165, 1.54) is 4.90 Å². The molecule has 1 unspecified atom stereocenters. The van der Waals surface area contributed by atoms with Gasteiger partial charge in [-0.25, -0.2) is 8.42 Å². The minimum atomic E-state index is -3.05. The quantitative estimate of drug-likeness (QED) is 0.817. The lowest BCUT2D eigenvalue weighted by Gasteiger charge is -2.23. The molecule has 1 aliphatic heterocycles. The number of anilines is 2. The van der Waals surface area contributed by atoms with E-state index in [1.807, 2.05) is 31.2 Å². The zero-order valence-corrected chi connectivity index (χ0v) is 16.2. The second kappa shape index (κ2) is 7.96. The lowest BCUT2D eigenvalue weighted by molar-refractivity contribution is 0.0742. The normalized spacial score (nSPS) is 18.1. The van der Waals surface area contributed by atoms with Crippen LogP contribution < -0.4 is 10.1 Å². The molecule has 0 radical (unpaired) electrons. The van der Waals surface area contributed by atoms with Crippen molar-refractivity contribution in [1.29, 1.82) is 0 Å². The highest BCUT2D eigenvalue weighted by atomic mass is 32.2. The molecule has 0 spiro atoms. The summed E-state index contributed by atoms with van der Waals surface area (Å²) in [6, 6.07) is 10.7. The molecule has 7 nitrogen and oxygen atoms in total. The smallest absolute Gasteiger partial charge is 0.272 e. The van der Waals surface area contributed by atoms with Gasteiger partial charge in [-0.15, -0.1) is 0 Å². The number of carbonyl (C=O) groups excluding carboxylic acids is 1. The van der Waals surface area contributed by atoms with Gasteiger partial charge in [-0.3, -0.25) is 9.78 Å². The number of benzene rings is 1. The van der Waals surface area contributed by atoms with Crippen molar-refractivity contribution in [3.8, 4) is 5.75 Å². The first-order valence-electron chi connectivity index (χ1n) is 8.81. The lowest BCUT2D eigenvalue weighted by atomic mass is 10.2. The van der Waals surface area contributed by atoms with Gasteiger partial charge in [0, 0.05) is 30.7 Å². The Balaban J connectivity index is 1.70. The summed E-state index contributed by atoms with van der Waals surface area (Å²) in [6.07, 6.45) is 2.03. The predicted octanol–water partition coefficient (Wildman–Crippen LogP) is 2.48. The van der Waals surface area contributed by atoms with Gasteiger partial charge in [-0.2, -0.15) is 0 Å². The molecule has 0 aliphatic carbocycles. The van der Waals surface area contributed by atoms with Crippen LogP contribution in [0, 0.1) is 0 Å². The molecule has 1 N–H and O–H groups in total. The molecule has 8 heteroatoms. The number of pyridine rings is 1. The van der Waals surface area contributed by atoms with Gasteiger partial charge < -0.3 is 15.0 Å². The van der Waals surface area contributed by atoms with E-state index in [0.29, 0.717) is 13.0 Å². The summed E-state index contributed by atoms with van der Waals surface area (Å²) in [5.74, 6) is 0.649. The Morgan fingerprint density at radius 3 is 2.63 bits per heavy atom. The van der Waals surface area contributed by atoms with Crippen LogP contribution in [0.1, 0.15) is 23.8 Å². The van der Waals surface area contributed by atoms with Crippen molar-refractivity contribution in [3.05, 3.63) is 48.3 Å². The molecule has 0 saturated carbocycles. The van der Waals surface area contributed by atoms with Gasteiger partial charge in [0.25, 0.3) is 5.91 Å². The number of ether oxygens (including phenoxy) is 1. The van der Waals surface area contributed by atoms with Crippen LogP contribution in [-0.4, -0.2) is 55.4 Å². The van der Waals surface area contributed by atoms with E-state index in [9.17, 15) is 13.2 Å². The number of aromatic nitrogens is 1. The maximum atomic E-state index is 12.7. The second-order valence-electron chi connectivity index (χ2n) is 6.49. The zero-order chi connectivity index (χ0) is 19.4. The number of rotatable bonds is 6. The van der Waals surface area contributed by atoms with Crippen LogP contribution in [0.4, 0.5) is 11.4 Å². The molecule has 144 valence electrons. The number of amides is 1. The molecule has 3 rings (SSSR count). The molecule has 2 aromatic rings. The number of nitrogens with one attached hydrogen (secondary N) is 1. The van der Waals surface area contributed by atoms with Crippen molar-refractivity contribution in [2.24, 2.45) is 0 Å². The number of hydrogen-bond acceptors (Lipinski definition) is 6. The van der Waals surface area contributed by atoms with Crippen molar-refractivity contribution in [2.75, 3.05) is 30.5 Å². The monoisotopic (exact) mass is 389 g/mol. The standard InChI is InChI=1S/C19H23N3O4S/c1-3-26-17-6-4-14(5-7-17)21-15-8-10-20-18(12-15)19(23)22(2)16-9-11-27(24,25)13-16/h4-8,10,12,16H,3,9,11,13H2,1-2H3,(H,20,21). The van der Waals surface area contributed by atoms with E-state index >= 15 is 0 Å². The van der Waals surface area contributed by atoms with Gasteiger partial charge in [0.05, 0.1) is 18.1 Å². The molecule has 1 aliphatic rings. The largest absolute Gasteiger partial charge is 0.494 e. The highest BCUT2D eigenvalue weighted by molar-refractivity contribution is 7.91. The first-order valence-corrected chi connectivity index (χ1v) is 10.6. The highest BCUT2D eigenvalue weighted by Gasteiger charge is 2.33. The van der Waals surface area contributed by atoms with Crippen molar-refractivity contribution in [2.45, 2.75) is 19.4 Å². The Kier molecular flexibility index (Phi) is 5.65. The van der Waals surface area contributed by atoms with E-state index in [1.54, 1.807) is 25.4 Å². The topological polar surface area (TPSA) is 88.6 Å². The molecule has 1 aromatic carbocycles. The minimum absolute atomic E-state index is 0.0133. The maximum Gasteiger partial charge on any atom is 0.272 e. The summed E-state index contributed by atoms with van der Waals surface area (Å²) >= 11 is 0. The molecule has 1 amide bonds. The van der Waals surface area contributed by atoms with E-state index < -0.39 is 9.84 Å². The number of nitrogens with zero attached hydrogens (tertiary/aromatic N) is 2. The van der Waals surface area contributed by atoms with E-state index in [-0.39, 0.29) is 29.1 Å². The van der Waals surface area contributed by atoms with Gasteiger partial charge in [0.1, 0.15) is 11.4 Å². The minimum Gasteiger partial charge on any atom is -0.494 e. The molecule has 1 atom stereocenters. The lowest BCUT2D eigenvalue weighted by Crippen LogP contribution is -2.38. The third kappa shape index (κ3) is 4.77. The van der Waals surface area contributed by atoms with Crippen molar-refractivity contribution in [3.63, 3.8) is 0 Å². The average molecular weight is 389 g/mol. The van der Waals surface area contributed by atoms with E-state index in [4.69, 9.17) is 4.74 Å². The van der Waals surface area contributed by atoms with Gasteiger partial charge >= 0.3 is 0 Å². The molecule has 1 saturated heterocycles. The summed E-state index contributed by atoms with van der Waals surface area (Å²) in [6.45, 7) is 2.54. The van der Waals surface area contributed by atoms with Crippen molar-refractivity contribution in [1.82, 2.24) is 9.88 Å². The fourth-order valence-corrected chi connectivity index (χ4v) is 4.79.